The molecule has 0 N–H and O–H groups in total. The molecule has 0 aliphatic heterocycles. The Kier molecular flexibility index (Phi) is 5.54. The number of fused-ring (bicyclic) bond motifs is 6. The minimum absolute atomic E-state index is 1.17. The zero-order valence-corrected chi connectivity index (χ0v) is 24.1. The van der Waals surface area contributed by atoms with Crippen molar-refractivity contribution in [2.45, 2.75) is 0 Å². The van der Waals surface area contributed by atoms with Crippen LogP contribution in [-0.2, 0) is 0 Å². The van der Waals surface area contributed by atoms with E-state index in [1.54, 1.807) is 0 Å². The normalized spacial score (nSPS) is 11.6. The van der Waals surface area contributed by atoms with Gasteiger partial charge in [-0.15, -0.1) is 0 Å². The first-order valence-corrected chi connectivity index (χ1v) is 15.1. The van der Waals surface area contributed by atoms with Gasteiger partial charge in [0.1, 0.15) is 0 Å². The van der Waals surface area contributed by atoms with Gasteiger partial charge in [-0.1, -0.05) is 115 Å². The smallest absolute Gasteiger partial charge is 0.0547 e. The predicted octanol–water partition coefficient (Wildman–Crippen LogP) is 11.2. The van der Waals surface area contributed by atoms with Crippen LogP contribution >= 0.6 is 0 Å². The van der Waals surface area contributed by atoms with Gasteiger partial charge in [0.05, 0.1) is 22.1 Å². The van der Waals surface area contributed by atoms with Crippen molar-refractivity contribution < 1.29 is 0 Å². The molecule has 0 unspecified atom stereocenters. The maximum atomic E-state index is 2.41. The summed E-state index contributed by atoms with van der Waals surface area (Å²) < 4.78 is 4.79. The van der Waals surface area contributed by atoms with Crippen LogP contribution in [0.15, 0.2) is 170 Å². The molecule has 0 spiro atoms. The summed E-state index contributed by atoms with van der Waals surface area (Å²) in [5.74, 6) is 0. The molecule has 0 atom stereocenters. The van der Waals surface area contributed by atoms with E-state index in [4.69, 9.17) is 0 Å². The van der Waals surface area contributed by atoms with Crippen LogP contribution in [-0.4, -0.2) is 9.13 Å². The Bertz CT molecular complexity index is 2470. The number of aromatic nitrogens is 2. The fraction of sp³-hybridized carbons (Fsp3) is 0. The van der Waals surface area contributed by atoms with Crippen LogP contribution < -0.4 is 0 Å². The molecule has 9 rings (SSSR count). The van der Waals surface area contributed by atoms with Crippen LogP contribution in [0.25, 0.3) is 77.2 Å². The summed E-state index contributed by atoms with van der Waals surface area (Å²) in [5, 5.41) is 5.04. The lowest BCUT2D eigenvalue weighted by molar-refractivity contribution is 1.18. The topological polar surface area (TPSA) is 9.86 Å². The second kappa shape index (κ2) is 9.86. The van der Waals surface area contributed by atoms with Crippen LogP contribution in [0.4, 0.5) is 0 Å². The summed E-state index contributed by atoms with van der Waals surface area (Å²) in [6.45, 7) is 0. The van der Waals surface area contributed by atoms with Gasteiger partial charge in [-0.05, 0) is 76.9 Å². The predicted molar refractivity (Wildman–Crippen MR) is 186 cm³/mol. The third-order valence-corrected chi connectivity index (χ3v) is 8.91. The van der Waals surface area contributed by atoms with E-state index >= 15 is 0 Å². The van der Waals surface area contributed by atoms with E-state index in [1.165, 1.54) is 77.2 Å². The van der Waals surface area contributed by atoms with E-state index in [1.807, 2.05) is 0 Å². The Hall–Kier alpha value is -5.86. The lowest BCUT2D eigenvalue weighted by atomic mass is 9.90. The molecule has 2 heterocycles. The highest BCUT2D eigenvalue weighted by molar-refractivity contribution is 6.20. The lowest BCUT2D eigenvalue weighted by Gasteiger charge is -2.15. The van der Waals surface area contributed by atoms with Crippen molar-refractivity contribution in [2.24, 2.45) is 0 Å². The van der Waals surface area contributed by atoms with Gasteiger partial charge >= 0.3 is 0 Å². The third-order valence-electron chi connectivity index (χ3n) is 8.91. The zero-order valence-electron chi connectivity index (χ0n) is 24.1. The van der Waals surface area contributed by atoms with E-state index < -0.39 is 0 Å². The number of nitrogens with zero attached hydrogens (tertiary/aromatic N) is 2. The van der Waals surface area contributed by atoms with E-state index in [-0.39, 0.29) is 0 Å². The molecule has 206 valence electrons. The van der Waals surface area contributed by atoms with E-state index in [0.717, 1.165) is 0 Å². The first-order valence-electron chi connectivity index (χ1n) is 15.1. The first-order chi connectivity index (χ1) is 21.9. The van der Waals surface area contributed by atoms with Gasteiger partial charge in [0, 0.05) is 32.9 Å². The number of hydrogen-bond donors (Lipinski definition) is 0. The van der Waals surface area contributed by atoms with E-state index in [9.17, 15) is 0 Å². The molecule has 0 saturated heterocycles. The summed E-state index contributed by atoms with van der Waals surface area (Å²) in [7, 11) is 0. The van der Waals surface area contributed by atoms with Crippen LogP contribution in [0.1, 0.15) is 0 Å². The molecule has 0 aliphatic carbocycles. The SMILES string of the molecule is c1ccc(-c2ccc3c(c2-c2ccc4c(c2)c2ccccc2n4-c2ccccc2)c2ccccc2n3-c2ccccc2)cc1. The van der Waals surface area contributed by atoms with Gasteiger partial charge in [0.2, 0.25) is 0 Å². The van der Waals surface area contributed by atoms with Gasteiger partial charge in [0.25, 0.3) is 0 Å². The Morgan fingerprint density at radius 2 is 0.818 bits per heavy atom. The van der Waals surface area contributed by atoms with Gasteiger partial charge in [-0.25, -0.2) is 0 Å². The molecule has 7 aromatic carbocycles. The molecule has 0 radical (unpaired) electrons. The van der Waals surface area contributed by atoms with E-state index in [0.29, 0.717) is 0 Å². The molecule has 2 nitrogen and oxygen atoms in total. The molecular weight excluding hydrogens is 532 g/mol. The van der Waals surface area contributed by atoms with Gasteiger partial charge in [-0.2, -0.15) is 0 Å². The highest BCUT2D eigenvalue weighted by Crippen LogP contribution is 2.45. The Morgan fingerprint density at radius 3 is 1.50 bits per heavy atom. The molecule has 44 heavy (non-hydrogen) atoms. The standard InChI is InChI=1S/C42H28N2/c1-4-14-29(15-5-1)33-25-27-40-42(35-21-11-13-23-38(35)44(40)32-18-8-3-9-19-32)41(33)30-24-26-39-36(28-30)34-20-10-12-22-37(34)43(39)31-16-6-2-7-17-31/h1-28H. The van der Waals surface area contributed by atoms with Crippen molar-refractivity contribution >= 4 is 43.6 Å². The third kappa shape index (κ3) is 3.68. The van der Waals surface area contributed by atoms with Gasteiger partial charge < -0.3 is 9.13 Å². The summed E-state index contributed by atoms with van der Waals surface area (Å²) >= 11 is 0. The number of hydrogen-bond acceptors (Lipinski definition) is 0. The number of benzene rings is 7. The first kappa shape index (κ1) is 24.7. The fourth-order valence-corrected chi connectivity index (χ4v) is 7.06. The quantitative estimate of drug-likeness (QED) is 0.203. The summed E-state index contributed by atoms with van der Waals surface area (Å²) in [5.41, 5.74) is 12.1. The van der Waals surface area contributed by atoms with Gasteiger partial charge in [0.15, 0.2) is 0 Å². The summed E-state index contributed by atoms with van der Waals surface area (Å²) in [6.07, 6.45) is 0. The van der Waals surface area contributed by atoms with Crippen LogP contribution in [0.5, 0.6) is 0 Å². The van der Waals surface area contributed by atoms with Crippen molar-refractivity contribution in [1.82, 2.24) is 9.13 Å². The van der Waals surface area contributed by atoms with Crippen LogP contribution in [0.2, 0.25) is 0 Å². The van der Waals surface area contributed by atoms with Crippen LogP contribution in [0.3, 0.4) is 0 Å². The van der Waals surface area contributed by atoms with Crippen molar-refractivity contribution in [1.29, 1.82) is 0 Å². The molecule has 2 aromatic heterocycles. The molecule has 0 amide bonds. The fourth-order valence-electron chi connectivity index (χ4n) is 7.06. The van der Waals surface area contributed by atoms with Crippen molar-refractivity contribution in [3.05, 3.63) is 170 Å². The van der Waals surface area contributed by atoms with Crippen molar-refractivity contribution in [2.75, 3.05) is 0 Å². The maximum Gasteiger partial charge on any atom is 0.0547 e. The Labute approximate surface area is 255 Å². The number of para-hydroxylation sites is 4. The number of rotatable bonds is 4. The average molecular weight is 561 g/mol. The molecule has 0 aliphatic rings. The van der Waals surface area contributed by atoms with E-state index in [2.05, 4.69) is 179 Å². The molecule has 9 aromatic rings. The van der Waals surface area contributed by atoms with Crippen LogP contribution in [0, 0.1) is 0 Å². The summed E-state index contributed by atoms with van der Waals surface area (Å²) in [6, 6.07) is 61.4. The second-order valence-corrected chi connectivity index (χ2v) is 11.4. The summed E-state index contributed by atoms with van der Waals surface area (Å²) in [4.78, 5) is 0. The Balaban J connectivity index is 1.42. The van der Waals surface area contributed by atoms with Gasteiger partial charge in [-0.3, -0.25) is 0 Å². The minimum atomic E-state index is 1.17. The highest BCUT2D eigenvalue weighted by Gasteiger charge is 2.21. The molecule has 0 saturated carbocycles. The molecule has 0 fully saturated rings. The largest absolute Gasteiger partial charge is 0.309 e. The Morgan fingerprint density at radius 1 is 0.318 bits per heavy atom. The molecule has 2 heteroatoms. The molecule has 0 bridgehead atoms. The average Bonchev–Trinajstić information content (AvgIpc) is 3.62. The maximum absolute atomic E-state index is 2.41. The zero-order chi connectivity index (χ0) is 29.0. The highest BCUT2D eigenvalue weighted by atomic mass is 15.0. The van der Waals surface area contributed by atoms with Crippen molar-refractivity contribution in [3.63, 3.8) is 0 Å². The minimum Gasteiger partial charge on any atom is -0.309 e. The monoisotopic (exact) mass is 560 g/mol. The lowest BCUT2D eigenvalue weighted by Crippen LogP contribution is -1.94. The molecular formula is C42H28N2. The second-order valence-electron chi connectivity index (χ2n) is 11.4. The van der Waals surface area contributed by atoms with Crippen molar-refractivity contribution in [3.8, 4) is 33.6 Å².